The molecule has 2 aromatic heterocycles. The highest BCUT2D eigenvalue weighted by molar-refractivity contribution is 5.68. The fourth-order valence-electron chi connectivity index (χ4n) is 2.43. The molecule has 2 aromatic rings. The lowest BCUT2D eigenvalue weighted by atomic mass is 10.2. The maximum atomic E-state index is 12.1. The summed E-state index contributed by atoms with van der Waals surface area (Å²) in [6.07, 6.45) is 3.12. The van der Waals surface area contributed by atoms with E-state index in [0.29, 0.717) is 18.9 Å². The highest BCUT2D eigenvalue weighted by Crippen LogP contribution is 2.18. The first-order valence-corrected chi connectivity index (χ1v) is 7.32. The van der Waals surface area contributed by atoms with Crippen molar-refractivity contribution in [3.05, 3.63) is 18.6 Å². The molecule has 0 bridgehead atoms. The summed E-state index contributed by atoms with van der Waals surface area (Å²) in [4.78, 5) is 20.2. The molecular weight excluding hydrogens is 284 g/mol. The molecule has 8 heteroatoms. The van der Waals surface area contributed by atoms with Gasteiger partial charge in [0, 0.05) is 32.4 Å². The van der Waals surface area contributed by atoms with Crippen LogP contribution in [0.4, 0.5) is 10.6 Å². The van der Waals surface area contributed by atoms with Crippen molar-refractivity contribution < 1.29 is 9.53 Å². The Morgan fingerprint density at radius 1 is 1.23 bits per heavy atom. The summed E-state index contributed by atoms with van der Waals surface area (Å²) in [5, 5.41) is 7.83. The normalized spacial score (nSPS) is 16.1. The quantitative estimate of drug-likeness (QED) is 0.787. The molecule has 8 nitrogen and oxygen atoms in total. The number of rotatable bonds is 1. The maximum absolute atomic E-state index is 12.1. The van der Waals surface area contributed by atoms with Crippen LogP contribution >= 0.6 is 0 Å². The van der Waals surface area contributed by atoms with Gasteiger partial charge < -0.3 is 14.5 Å². The van der Waals surface area contributed by atoms with Gasteiger partial charge in [-0.1, -0.05) is 0 Å². The van der Waals surface area contributed by atoms with Crippen LogP contribution in [0.15, 0.2) is 18.6 Å². The van der Waals surface area contributed by atoms with Crippen LogP contribution < -0.4 is 4.90 Å². The zero-order chi connectivity index (χ0) is 15.7. The monoisotopic (exact) mass is 304 g/mol. The predicted octanol–water partition coefficient (Wildman–Crippen LogP) is 1.18. The maximum Gasteiger partial charge on any atom is 0.410 e. The number of aromatic nitrogens is 4. The van der Waals surface area contributed by atoms with Crippen molar-refractivity contribution in [2.75, 3.05) is 31.1 Å². The fraction of sp³-hybridized carbons (Fsp3) is 0.571. The molecule has 0 radical (unpaired) electrons. The van der Waals surface area contributed by atoms with E-state index in [0.717, 1.165) is 18.9 Å². The number of carbonyl (C=O) groups is 1. The molecule has 1 fully saturated rings. The molecule has 1 aliphatic rings. The number of hydrogen-bond acceptors (Lipinski definition) is 6. The molecule has 22 heavy (non-hydrogen) atoms. The number of anilines is 1. The molecular formula is C14H20N6O2. The number of amides is 1. The van der Waals surface area contributed by atoms with E-state index in [2.05, 4.69) is 20.1 Å². The molecule has 1 amide bonds. The second-order valence-electron chi connectivity index (χ2n) is 6.26. The van der Waals surface area contributed by atoms with E-state index in [1.807, 2.05) is 31.2 Å². The van der Waals surface area contributed by atoms with Gasteiger partial charge in [0.2, 0.25) is 0 Å². The van der Waals surface area contributed by atoms with E-state index in [1.165, 1.54) is 0 Å². The lowest BCUT2D eigenvalue weighted by Crippen LogP contribution is -2.50. The van der Waals surface area contributed by atoms with Gasteiger partial charge in [0.25, 0.3) is 5.78 Å². The van der Waals surface area contributed by atoms with Crippen LogP contribution in [0.25, 0.3) is 5.78 Å². The number of carbonyl (C=O) groups excluding carboxylic acids is 1. The minimum absolute atomic E-state index is 0.253. The largest absolute Gasteiger partial charge is 0.444 e. The Kier molecular flexibility index (Phi) is 3.59. The number of piperazine rings is 1. The summed E-state index contributed by atoms with van der Waals surface area (Å²) in [6.45, 7) is 8.34. The second kappa shape index (κ2) is 5.43. The minimum Gasteiger partial charge on any atom is -0.444 e. The van der Waals surface area contributed by atoms with Crippen LogP contribution in [0.2, 0.25) is 0 Å². The standard InChI is InChI=1S/C14H20N6O2/c1-14(2,3)22-13(21)19-8-6-18(7-9-19)11-4-5-15-12-17-16-10-20(11)12/h4-5,10H,6-9H2,1-3H3. The molecule has 0 saturated carbocycles. The Bertz CT molecular complexity index is 669. The average molecular weight is 304 g/mol. The summed E-state index contributed by atoms with van der Waals surface area (Å²) >= 11 is 0. The highest BCUT2D eigenvalue weighted by Gasteiger charge is 2.26. The van der Waals surface area contributed by atoms with Gasteiger partial charge in [-0.25, -0.2) is 9.78 Å². The van der Waals surface area contributed by atoms with E-state index in [1.54, 1.807) is 17.4 Å². The zero-order valence-corrected chi connectivity index (χ0v) is 13.1. The Morgan fingerprint density at radius 2 is 1.95 bits per heavy atom. The molecule has 0 spiro atoms. The molecule has 0 aliphatic carbocycles. The Labute approximate surface area is 128 Å². The van der Waals surface area contributed by atoms with Crippen molar-refractivity contribution in [2.45, 2.75) is 26.4 Å². The molecule has 3 rings (SSSR count). The van der Waals surface area contributed by atoms with Crippen molar-refractivity contribution in [3.8, 4) is 0 Å². The van der Waals surface area contributed by atoms with Gasteiger partial charge in [0.15, 0.2) is 0 Å². The molecule has 118 valence electrons. The van der Waals surface area contributed by atoms with Gasteiger partial charge in [-0.3, -0.25) is 4.40 Å². The first-order valence-electron chi connectivity index (χ1n) is 7.32. The smallest absolute Gasteiger partial charge is 0.410 e. The third-order valence-corrected chi connectivity index (χ3v) is 3.45. The first-order chi connectivity index (χ1) is 10.4. The van der Waals surface area contributed by atoms with Crippen molar-refractivity contribution in [2.24, 2.45) is 0 Å². The summed E-state index contributed by atoms with van der Waals surface area (Å²) in [5.74, 6) is 1.56. The van der Waals surface area contributed by atoms with Gasteiger partial charge in [-0.05, 0) is 26.8 Å². The van der Waals surface area contributed by atoms with Crippen LogP contribution in [0, 0.1) is 0 Å². The molecule has 1 saturated heterocycles. The van der Waals surface area contributed by atoms with E-state index < -0.39 is 5.60 Å². The number of ether oxygens (including phenoxy) is 1. The molecule has 3 heterocycles. The Balaban J connectivity index is 1.67. The van der Waals surface area contributed by atoms with Gasteiger partial charge in [0.05, 0.1) is 0 Å². The SMILES string of the molecule is CC(C)(C)OC(=O)N1CCN(c2ccnc3nncn23)CC1. The summed E-state index contributed by atoms with van der Waals surface area (Å²) in [7, 11) is 0. The van der Waals surface area contributed by atoms with Crippen molar-refractivity contribution in [1.82, 2.24) is 24.5 Å². The average Bonchev–Trinajstić information content (AvgIpc) is 2.94. The van der Waals surface area contributed by atoms with E-state index in [9.17, 15) is 4.79 Å². The number of fused-ring (bicyclic) bond motifs is 1. The second-order valence-corrected chi connectivity index (χ2v) is 6.26. The van der Waals surface area contributed by atoms with Crippen LogP contribution in [-0.4, -0.2) is 62.4 Å². The third-order valence-electron chi connectivity index (χ3n) is 3.45. The topological polar surface area (TPSA) is 75.9 Å². The summed E-state index contributed by atoms with van der Waals surface area (Å²) < 4.78 is 7.26. The van der Waals surface area contributed by atoms with Gasteiger partial charge in [-0.2, -0.15) is 0 Å². The van der Waals surface area contributed by atoms with E-state index in [-0.39, 0.29) is 6.09 Å². The van der Waals surface area contributed by atoms with Crippen molar-refractivity contribution in [1.29, 1.82) is 0 Å². The van der Waals surface area contributed by atoms with Gasteiger partial charge >= 0.3 is 6.09 Å². The summed E-state index contributed by atoms with van der Waals surface area (Å²) in [5.41, 5.74) is -0.464. The summed E-state index contributed by atoms with van der Waals surface area (Å²) in [6, 6.07) is 1.93. The lowest BCUT2D eigenvalue weighted by Gasteiger charge is -2.36. The Hall–Kier alpha value is -2.38. The van der Waals surface area contributed by atoms with Crippen molar-refractivity contribution >= 4 is 17.7 Å². The fourth-order valence-corrected chi connectivity index (χ4v) is 2.43. The highest BCUT2D eigenvalue weighted by atomic mass is 16.6. The van der Waals surface area contributed by atoms with Crippen LogP contribution in [-0.2, 0) is 4.74 Å². The van der Waals surface area contributed by atoms with Gasteiger partial charge in [0.1, 0.15) is 17.7 Å². The van der Waals surface area contributed by atoms with Crippen LogP contribution in [0.1, 0.15) is 20.8 Å². The molecule has 0 atom stereocenters. The molecule has 1 aliphatic heterocycles. The lowest BCUT2D eigenvalue weighted by molar-refractivity contribution is 0.0240. The first kappa shape index (κ1) is 14.6. The third kappa shape index (κ3) is 2.95. The Morgan fingerprint density at radius 3 is 2.64 bits per heavy atom. The molecule has 0 aromatic carbocycles. The number of nitrogens with zero attached hydrogens (tertiary/aromatic N) is 6. The van der Waals surface area contributed by atoms with E-state index >= 15 is 0 Å². The number of hydrogen-bond donors (Lipinski definition) is 0. The van der Waals surface area contributed by atoms with Crippen LogP contribution in [0.5, 0.6) is 0 Å². The van der Waals surface area contributed by atoms with E-state index in [4.69, 9.17) is 4.74 Å². The van der Waals surface area contributed by atoms with Crippen molar-refractivity contribution in [3.63, 3.8) is 0 Å². The van der Waals surface area contributed by atoms with Gasteiger partial charge in [-0.15, -0.1) is 10.2 Å². The molecule has 0 unspecified atom stereocenters. The minimum atomic E-state index is -0.464. The predicted molar refractivity (Wildman–Crippen MR) is 80.8 cm³/mol. The van der Waals surface area contributed by atoms with Crippen LogP contribution in [0.3, 0.4) is 0 Å². The molecule has 0 N–H and O–H groups in total. The zero-order valence-electron chi connectivity index (χ0n) is 13.1.